The number of halogens is 1. The molecule has 68 valence electrons. The molecule has 13 heavy (non-hydrogen) atoms. The van der Waals surface area contributed by atoms with Crippen molar-refractivity contribution in [2.24, 2.45) is 0 Å². The van der Waals surface area contributed by atoms with Gasteiger partial charge in [-0.2, -0.15) is 0 Å². The molecule has 0 radical (unpaired) electrons. The summed E-state index contributed by atoms with van der Waals surface area (Å²) in [4.78, 5) is 10.9. The Labute approximate surface area is 84.7 Å². The average Bonchev–Trinajstić information content (AvgIpc) is 2.90. The molecule has 0 unspecified atom stereocenters. The predicted molar refractivity (Wildman–Crippen MR) is 52.8 cm³/mol. The van der Waals surface area contributed by atoms with Gasteiger partial charge < -0.3 is 9.90 Å². The van der Waals surface area contributed by atoms with Crippen LogP contribution >= 0.6 is 15.9 Å². The van der Waals surface area contributed by atoms with Crippen molar-refractivity contribution in [2.45, 2.75) is 18.3 Å². The molecule has 3 heteroatoms. The van der Waals surface area contributed by atoms with Crippen LogP contribution in [0.1, 0.15) is 18.4 Å². The van der Waals surface area contributed by atoms with Gasteiger partial charge in [-0.25, -0.2) is 0 Å². The highest BCUT2D eigenvalue weighted by molar-refractivity contribution is 9.10. The highest BCUT2D eigenvalue weighted by Crippen LogP contribution is 2.50. The Hall–Kier alpha value is -0.830. The summed E-state index contributed by atoms with van der Waals surface area (Å²) in [5, 5.41) is 9.42. The van der Waals surface area contributed by atoms with Crippen molar-refractivity contribution in [3.63, 3.8) is 0 Å². The van der Waals surface area contributed by atoms with E-state index in [0.29, 0.717) is 4.47 Å². The van der Waals surface area contributed by atoms with Gasteiger partial charge in [0, 0.05) is 0 Å². The summed E-state index contributed by atoms with van der Waals surface area (Å²) in [5.74, 6) is 0.200. The Morgan fingerprint density at radius 2 is 2.15 bits per heavy atom. The van der Waals surface area contributed by atoms with Crippen molar-refractivity contribution in [1.82, 2.24) is 0 Å². The number of phenols is 1. The van der Waals surface area contributed by atoms with E-state index in [4.69, 9.17) is 0 Å². The lowest BCUT2D eigenvalue weighted by molar-refractivity contribution is -0.109. The van der Waals surface area contributed by atoms with Crippen molar-refractivity contribution in [3.8, 4) is 5.75 Å². The van der Waals surface area contributed by atoms with E-state index in [1.54, 1.807) is 12.1 Å². The van der Waals surface area contributed by atoms with Crippen LogP contribution < -0.4 is 0 Å². The Morgan fingerprint density at radius 3 is 2.69 bits per heavy atom. The number of carbonyl (C=O) groups excluding carboxylic acids is 1. The van der Waals surface area contributed by atoms with Crippen LogP contribution in [0.5, 0.6) is 5.75 Å². The maximum absolute atomic E-state index is 10.9. The lowest BCUT2D eigenvalue weighted by Crippen LogP contribution is -2.08. The summed E-state index contributed by atoms with van der Waals surface area (Å²) in [7, 11) is 0. The van der Waals surface area contributed by atoms with Crippen molar-refractivity contribution in [1.29, 1.82) is 0 Å². The Kier molecular flexibility index (Phi) is 1.91. The van der Waals surface area contributed by atoms with Gasteiger partial charge >= 0.3 is 0 Å². The fraction of sp³-hybridized carbons (Fsp3) is 0.300. The van der Waals surface area contributed by atoms with Crippen LogP contribution in [0.4, 0.5) is 0 Å². The average molecular weight is 241 g/mol. The Balaban J connectivity index is 2.52. The molecule has 2 nitrogen and oxygen atoms in total. The van der Waals surface area contributed by atoms with Crippen LogP contribution in [0.3, 0.4) is 0 Å². The molecular weight excluding hydrogens is 232 g/mol. The van der Waals surface area contributed by atoms with E-state index in [0.717, 1.165) is 24.7 Å². The molecule has 0 aliphatic heterocycles. The van der Waals surface area contributed by atoms with Gasteiger partial charge in [0.2, 0.25) is 0 Å². The molecule has 0 aromatic heterocycles. The van der Waals surface area contributed by atoms with Crippen LogP contribution in [0.2, 0.25) is 0 Å². The molecule has 0 heterocycles. The van der Waals surface area contributed by atoms with Gasteiger partial charge in [-0.15, -0.1) is 0 Å². The summed E-state index contributed by atoms with van der Waals surface area (Å²) in [5.41, 5.74) is 0.583. The number of carbonyl (C=O) groups is 1. The monoisotopic (exact) mass is 240 g/mol. The summed E-state index contributed by atoms with van der Waals surface area (Å²) < 4.78 is 0.652. The normalized spacial score (nSPS) is 18.2. The van der Waals surface area contributed by atoms with Gasteiger partial charge in [0.05, 0.1) is 9.89 Å². The van der Waals surface area contributed by atoms with Gasteiger partial charge in [0.15, 0.2) is 0 Å². The van der Waals surface area contributed by atoms with Gasteiger partial charge in [-0.05, 0) is 40.4 Å². The van der Waals surface area contributed by atoms with Gasteiger partial charge in [0.25, 0.3) is 0 Å². The van der Waals surface area contributed by atoms with E-state index in [2.05, 4.69) is 15.9 Å². The van der Waals surface area contributed by atoms with E-state index in [1.165, 1.54) is 0 Å². The Bertz CT molecular complexity index is 356. The third-order valence-corrected chi connectivity index (χ3v) is 3.36. The molecule has 0 spiro atoms. The summed E-state index contributed by atoms with van der Waals surface area (Å²) in [6.45, 7) is 0. The third-order valence-electron chi connectivity index (χ3n) is 2.53. The molecule has 0 bridgehead atoms. The number of rotatable bonds is 2. The molecule has 1 saturated carbocycles. The molecular formula is C10H9BrO2. The molecule has 1 fully saturated rings. The minimum Gasteiger partial charge on any atom is -0.507 e. The first-order valence-electron chi connectivity index (χ1n) is 4.14. The zero-order chi connectivity index (χ0) is 9.47. The largest absolute Gasteiger partial charge is 0.507 e. The standard InChI is InChI=1S/C10H9BrO2/c11-9-7(2-1-3-8(9)13)10(6-12)4-5-10/h1-3,6,13H,4-5H2. The summed E-state index contributed by atoms with van der Waals surface area (Å²) in [6.07, 6.45) is 2.75. The zero-order valence-corrected chi connectivity index (χ0v) is 8.54. The SMILES string of the molecule is O=CC1(c2cccc(O)c2Br)CC1. The number of benzene rings is 1. The number of aldehydes is 1. The molecule has 0 amide bonds. The van der Waals surface area contributed by atoms with Crippen molar-refractivity contribution < 1.29 is 9.90 Å². The van der Waals surface area contributed by atoms with E-state index in [-0.39, 0.29) is 11.2 Å². The van der Waals surface area contributed by atoms with Crippen LogP contribution in [0.15, 0.2) is 22.7 Å². The first-order valence-corrected chi connectivity index (χ1v) is 4.93. The fourth-order valence-electron chi connectivity index (χ4n) is 1.49. The highest BCUT2D eigenvalue weighted by Gasteiger charge is 2.45. The van der Waals surface area contributed by atoms with E-state index >= 15 is 0 Å². The number of hydrogen-bond acceptors (Lipinski definition) is 2. The third kappa shape index (κ3) is 1.27. The predicted octanol–water partition coefficient (Wildman–Crippen LogP) is 2.39. The molecule has 1 aromatic carbocycles. The fourth-order valence-corrected chi connectivity index (χ4v) is 2.15. The number of hydrogen-bond donors (Lipinski definition) is 1. The molecule has 1 N–H and O–H groups in total. The van der Waals surface area contributed by atoms with E-state index in [9.17, 15) is 9.90 Å². The second kappa shape index (κ2) is 2.84. The highest BCUT2D eigenvalue weighted by atomic mass is 79.9. The zero-order valence-electron chi connectivity index (χ0n) is 6.96. The maximum Gasteiger partial charge on any atom is 0.130 e. The second-order valence-electron chi connectivity index (χ2n) is 3.41. The molecule has 1 aliphatic rings. The Morgan fingerprint density at radius 1 is 1.46 bits per heavy atom. The molecule has 2 rings (SSSR count). The van der Waals surface area contributed by atoms with E-state index < -0.39 is 0 Å². The van der Waals surface area contributed by atoms with Gasteiger partial charge in [0.1, 0.15) is 12.0 Å². The van der Waals surface area contributed by atoms with Crippen molar-refractivity contribution >= 4 is 22.2 Å². The number of aromatic hydroxyl groups is 1. The lowest BCUT2D eigenvalue weighted by Gasteiger charge is -2.10. The summed E-state index contributed by atoms with van der Waals surface area (Å²) in [6, 6.07) is 5.25. The minimum absolute atomic E-state index is 0.200. The van der Waals surface area contributed by atoms with Gasteiger partial charge in [-0.3, -0.25) is 0 Å². The topological polar surface area (TPSA) is 37.3 Å². The van der Waals surface area contributed by atoms with Crippen molar-refractivity contribution in [3.05, 3.63) is 28.2 Å². The molecule has 1 aromatic rings. The van der Waals surface area contributed by atoms with Crippen molar-refractivity contribution in [2.75, 3.05) is 0 Å². The molecule has 0 saturated heterocycles. The molecule has 1 aliphatic carbocycles. The van der Waals surface area contributed by atoms with Crippen LogP contribution in [-0.2, 0) is 10.2 Å². The first kappa shape index (κ1) is 8.75. The van der Waals surface area contributed by atoms with Crippen LogP contribution in [0.25, 0.3) is 0 Å². The second-order valence-corrected chi connectivity index (χ2v) is 4.21. The summed E-state index contributed by atoms with van der Waals surface area (Å²) >= 11 is 3.29. The van der Waals surface area contributed by atoms with Crippen LogP contribution in [-0.4, -0.2) is 11.4 Å². The lowest BCUT2D eigenvalue weighted by atomic mass is 9.98. The first-order chi connectivity index (χ1) is 6.19. The number of phenolic OH excluding ortho intramolecular Hbond substituents is 1. The van der Waals surface area contributed by atoms with E-state index in [1.807, 2.05) is 6.07 Å². The quantitative estimate of drug-likeness (QED) is 0.807. The van der Waals surface area contributed by atoms with Crippen LogP contribution in [0, 0.1) is 0 Å². The minimum atomic E-state index is -0.322. The smallest absolute Gasteiger partial charge is 0.130 e. The maximum atomic E-state index is 10.9. The molecule has 0 atom stereocenters. The van der Waals surface area contributed by atoms with Gasteiger partial charge in [-0.1, -0.05) is 12.1 Å².